The lowest BCUT2D eigenvalue weighted by atomic mass is 10.2. The summed E-state index contributed by atoms with van der Waals surface area (Å²) in [7, 11) is 1.43. The van der Waals surface area contributed by atoms with Gasteiger partial charge in [-0.3, -0.25) is 4.79 Å². The number of rotatable bonds is 8. The predicted octanol–water partition coefficient (Wildman–Crippen LogP) is 2.32. The highest BCUT2D eigenvalue weighted by Crippen LogP contribution is 2.37. The van der Waals surface area contributed by atoms with Gasteiger partial charge in [-0.05, 0) is 26.0 Å². The van der Waals surface area contributed by atoms with Crippen molar-refractivity contribution in [3.05, 3.63) is 22.7 Å². The molecule has 0 spiro atoms. The summed E-state index contributed by atoms with van der Waals surface area (Å²) in [4.78, 5) is 23.5. The summed E-state index contributed by atoms with van der Waals surface area (Å²) in [5.41, 5.74) is 0.137. The minimum atomic E-state index is -0.721. The molecule has 0 aliphatic carbocycles. The van der Waals surface area contributed by atoms with E-state index < -0.39 is 18.5 Å². The Morgan fingerprint density at radius 2 is 2.08 bits per heavy atom. The molecule has 8 heteroatoms. The summed E-state index contributed by atoms with van der Waals surface area (Å²) in [6.07, 6.45) is 0.0652. The predicted molar refractivity (Wildman–Crippen MR) is 87.3 cm³/mol. The average Bonchev–Trinajstić information content (AvgIpc) is 2.54. The first-order valence-electron chi connectivity index (χ1n) is 7.24. The van der Waals surface area contributed by atoms with Gasteiger partial charge in [0.25, 0.3) is 5.91 Å². The molecule has 0 saturated heterocycles. The van der Waals surface area contributed by atoms with Gasteiger partial charge in [0.05, 0.1) is 36.3 Å². The molecule has 0 saturated carbocycles. The van der Waals surface area contributed by atoms with Crippen LogP contribution in [0.4, 0.5) is 0 Å². The number of ether oxygens (including phenoxy) is 3. The van der Waals surface area contributed by atoms with Crippen LogP contribution in [-0.2, 0) is 9.53 Å². The molecule has 0 aliphatic rings. The Bertz CT molecular complexity index is 640. The SMILES string of the molecule is COc1cc(C(=O)OCC(=O)NCCC#N)cc(Cl)c1OC(C)C. The van der Waals surface area contributed by atoms with E-state index >= 15 is 0 Å². The van der Waals surface area contributed by atoms with E-state index in [1.54, 1.807) is 0 Å². The molecule has 7 nitrogen and oxygen atoms in total. The number of benzene rings is 1. The van der Waals surface area contributed by atoms with Crippen LogP contribution >= 0.6 is 11.6 Å². The molecule has 0 atom stereocenters. The number of methoxy groups -OCH3 is 1. The summed E-state index contributed by atoms with van der Waals surface area (Å²) in [6.45, 7) is 3.42. The first-order chi connectivity index (χ1) is 11.4. The zero-order valence-electron chi connectivity index (χ0n) is 13.7. The molecule has 0 aromatic heterocycles. The summed E-state index contributed by atoms with van der Waals surface area (Å²) >= 11 is 6.13. The molecule has 0 fully saturated rings. The molecule has 1 aromatic rings. The highest BCUT2D eigenvalue weighted by molar-refractivity contribution is 6.32. The van der Waals surface area contributed by atoms with Crippen molar-refractivity contribution in [1.82, 2.24) is 5.32 Å². The molecule has 0 aliphatic heterocycles. The van der Waals surface area contributed by atoms with Crippen LogP contribution in [0.15, 0.2) is 12.1 Å². The maximum absolute atomic E-state index is 12.0. The van der Waals surface area contributed by atoms with Gasteiger partial charge in [-0.1, -0.05) is 11.6 Å². The Kier molecular flexibility index (Phi) is 7.86. The maximum Gasteiger partial charge on any atom is 0.338 e. The molecule has 130 valence electrons. The van der Waals surface area contributed by atoms with Crippen molar-refractivity contribution in [2.24, 2.45) is 0 Å². The standard InChI is InChI=1S/C16H19ClN2O5/c1-10(2)24-15-12(17)7-11(8-13(15)22-3)16(21)23-9-14(20)19-6-4-5-18/h7-8,10H,4,6,9H2,1-3H3,(H,19,20). The van der Waals surface area contributed by atoms with Gasteiger partial charge in [0.2, 0.25) is 0 Å². The van der Waals surface area contributed by atoms with Crippen LogP contribution in [0.25, 0.3) is 0 Å². The quantitative estimate of drug-likeness (QED) is 0.568. The summed E-state index contributed by atoms with van der Waals surface area (Å²) in [5, 5.41) is 11.0. The first kappa shape index (κ1) is 19.6. The fourth-order valence-electron chi connectivity index (χ4n) is 1.71. The van der Waals surface area contributed by atoms with Crippen molar-refractivity contribution in [1.29, 1.82) is 5.26 Å². The van der Waals surface area contributed by atoms with Crippen molar-refractivity contribution in [2.75, 3.05) is 20.3 Å². The lowest BCUT2D eigenvalue weighted by Gasteiger charge is -2.16. The Morgan fingerprint density at radius 1 is 1.38 bits per heavy atom. The van der Waals surface area contributed by atoms with Gasteiger partial charge in [0, 0.05) is 6.54 Å². The third kappa shape index (κ3) is 5.97. The maximum atomic E-state index is 12.0. The number of nitrogens with one attached hydrogen (secondary N) is 1. The summed E-state index contributed by atoms with van der Waals surface area (Å²) in [5.74, 6) is -0.584. The number of carbonyl (C=O) groups excluding carboxylic acids is 2. The topological polar surface area (TPSA) is 97.6 Å². The van der Waals surface area contributed by atoms with Crippen LogP contribution in [0.3, 0.4) is 0 Å². The minimum absolute atomic E-state index is 0.119. The number of halogens is 1. The second kappa shape index (κ2) is 9.63. The van der Waals surface area contributed by atoms with Gasteiger partial charge >= 0.3 is 5.97 Å². The third-order valence-electron chi connectivity index (χ3n) is 2.71. The Labute approximate surface area is 145 Å². The third-order valence-corrected chi connectivity index (χ3v) is 2.99. The van der Waals surface area contributed by atoms with Gasteiger partial charge in [0.1, 0.15) is 0 Å². The molecule has 1 amide bonds. The van der Waals surface area contributed by atoms with E-state index in [-0.39, 0.29) is 29.7 Å². The van der Waals surface area contributed by atoms with E-state index in [0.29, 0.717) is 11.5 Å². The molecule has 1 aromatic carbocycles. The number of esters is 1. The molecule has 0 bridgehead atoms. The smallest absolute Gasteiger partial charge is 0.338 e. The fraction of sp³-hybridized carbons (Fsp3) is 0.438. The Balaban J connectivity index is 2.76. The molecule has 24 heavy (non-hydrogen) atoms. The van der Waals surface area contributed by atoms with Gasteiger partial charge in [-0.25, -0.2) is 4.79 Å². The minimum Gasteiger partial charge on any atom is -0.493 e. The van der Waals surface area contributed by atoms with E-state index in [2.05, 4.69) is 5.32 Å². The monoisotopic (exact) mass is 354 g/mol. The normalized spacial score (nSPS) is 10.0. The largest absolute Gasteiger partial charge is 0.493 e. The van der Waals surface area contributed by atoms with Crippen molar-refractivity contribution >= 4 is 23.5 Å². The summed E-state index contributed by atoms with van der Waals surface area (Å²) < 4.78 is 15.6. The molecule has 1 N–H and O–H groups in total. The molecule has 0 radical (unpaired) electrons. The Hall–Kier alpha value is -2.46. The van der Waals surface area contributed by atoms with Crippen LogP contribution in [0.1, 0.15) is 30.6 Å². The van der Waals surface area contributed by atoms with Crippen LogP contribution in [0, 0.1) is 11.3 Å². The highest BCUT2D eigenvalue weighted by atomic mass is 35.5. The van der Waals surface area contributed by atoms with Gasteiger partial charge in [-0.15, -0.1) is 0 Å². The van der Waals surface area contributed by atoms with Crippen LogP contribution in [-0.4, -0.2) is 38.2 Å². The van der Waals surface area contributed by atoms with Crippen LogP contribution in [0.2, 0.25) is 5.02 Å². The number of hydrogen-bond acceptors (Lipinski definition) is 6. The van der Waals surface area contributed by atoms with Crippen molar-refractivity contribution in [2.45, 2.75) is 26.4 Å². The lowest BCUT2D eigenvalue weighted by Crippen LogP contribution is -2.29. The van der Waals surface area contributed by atoms with E-state index in [1.807, 2.05) is 19.9 Å². The van der Waals surface area contributed by atoms with Crippen molar-refractivity contribution < 1.29 is 23.8 Å². The number of carbonyl (C=O) groups is 2. The van der Waals surface area contributed by atoms with Gasteiger partial charge < -0.3 is 19.5 Å². The van der Waals surface area contributed by atoms with E-state index in [0.717, 1.165) is 0 Å². The zero-order valence-corrected chi connectivity index (χ0v) is 14.5. The van der Waals surface area contributed by atoms with Gasteiger partial charge in [-0.2, -0.15) is 5.26 Å². The molecule has 0 heterocycles. The molecular formula is C16H19ClN2O5. The number of nitrogens with zero attached hydrogens (tertiary/aromatic N) is 1. The van der Waals surface area contributed by atoms with Crippen LogP contribution in [0.5, 0.6) is 11.5 Å². The number of nitriles is 1. The average molecular weight is 355 g/mol. The summed E-state index contributed by atoms with van der Waals surface area (Å²) in [6, 6.07) is 4.71. The van der Waals surface area contributed by atoms with E-state index in [9.17, 15) is 9.59 Å². The van der Waals surface area contributed by atoms with Crippen molar-refractivity contribution in [3.8, 4) is 17.6 Å². The van der Waals surface area contributed by atoms with Crippen LogP contribution < -0.4 is 14.8 Å². The molecule has 1 rings (SSSR count). The van der Waals surface area contributed by atoms with Crippen molar-refractivity contribution in [3.63, 3.8) is 0 Å². The zero-order chi connectivity index (χ0) is 18.1. The van der Waals surface area contributed by atoms with E-state index in [4.69, 9.17) is 31.1 Å². The first-order valence-corrected chi connectivity index (χ1v) is 7.61. The molecular weight excluding hydrogens is 336 g/mol. The Morgan fingerprint density at radius 3 is 2.67 bits per heavy atom. The fourth-order valence-corrected chi connectivity index (χ4v) is 1.97. The molecule has 0 unspecified atom stereocenters. The lowest BCUT2D eigenvalue weighted by molar-refractivity contribution is -0.124. The van der Waals surface area contributed by atoms with E-state index in [1.165, 1.54) is 19.2 Å². The second-order valence-electron chi connectivity index (χ2n) is 4.99. The number of amides is 1. The second-order valence-corrected chi connectivity index (χ2v) is 5.40. The number of hydrogen-bond donors (Lipinski definition) is 1. The van der Waals surface area contributed by atoms with Gasteiger partial charge in [0.15, 0.2) is 18.1 Å². The highest BCUT2D eigenvalue weighted by Gasteiger charge is 2.18.